The molecule has 1 rings (SSSR count). The second-order valence-electron chi connectivity index (χ2n) is 3.80. The normalized spacial score (nSPS) is 10.2. The molecule has 0 aromatic heterocycles. The minimum atomic E-state index is -0.0415. The summed E-state index contributed by atoms with van der Waals surface area (Å²) >= 11 is 0. The van der Waals surface area contributed by atoms with Crippen LogP contribution in [0.1, 0.15) is 10.4 Å². The first-order valence-electron chi connectivity index (χ1n) is 5.85. The predicted octanol–water partition coefficient (Wildman–Crippen LogP) is 0.743. The van der Waals surface area contributed by atoms with E-state index in [0.29, 0.717) is 31.8 Å². The summed E-state index contributed by atoms with van der Waals surface area (Å²) in [6.45, 7) is 2.00. The second kappa shape index (κ2) is 7.68. The van der Waals surface area contributed by atoms with E-state index >= 15 is 0 Å². The van der Waals surface area contributed by atoms with Gasteiger partial charge in [0.05, 0.1) is 13.7 Å². The van der Waals surface area contributed by atoms with E-state index in [-0.39, 0.29) is 5.91 Å². The van der Waals surface area contributed by atoms with E-state index in [1.807, 2.05) is 0 Å². The van der Waals surface area contributed by atoms with Crippen molar-refractivity contribution in [3.05, 3.63) is 29.8 Å². The number of benzene rings is 1. The first-order valence-corrected chi connectivity index (χ1v) is 5.85. The number of nitrogens with zero attached hydrogens (tertiary/aromatic N) is 1. The molecule has 2 N–H and O–H groups in total. The molecule has 0 radical (unpaired) electrons. The molecule has 0 saturated carbocycles. The van der Waals surface area contributed by atoms with Crippen molar-refractivity contribution >= 4 is 5.91 Å². The van der Waals surface area contributed by atoms with Crippen molar-refractivity contribution in [2.45, 2.75) is 0 Å². The summed E-state index contributed by atoms with van der Waals surface area (Å²) in [5.41, 5.74) is 6.13. The van der Waals surface area contributed by atoms with Crippen LogP contribution >= 0.6 is 0 Å². The Hall–Kier alpha value is -1.59. The zero-order chi connectivity index (χ0) is 13.4. The lowest BCUT2D eigenvalue weighted by atomic mass is 10.2. The summed E-state index contributed by atoms with van der Waals surface area (Å²) in [5, 5.41) is 0. The highest BCUT2D eigenvalue weighted by molar-refractivity contribution is 5.94. The van der Waals surface area contributed by atoms with Gasteiger partial charge in [0.2, 0.25) is 0 Å². The largest absolute Gasteiger partial charge is 0.497 e. The molecule has 100 valence electrons. The molecule has 0 aliphatic heterocycles. The van der Waals surface area contributed by atoms with Crippen LogP contribution < -0.4 is 10.5 Å². The van der Waals surface area contributed by atoms with Crippen molar-refractivity contribution in [3.8, 4) is 5.75 Å². The highest BCUT2D eigenvalue weighted by atomic mass is 16.5. The molecule has 0 saturated heterocycles. The van der Waals surface area contributed by atoms with E-state index in [9.17, 15) is 4.79 Å². The first-order chi connectivity index (χ1) is 8.72. The van der Waals surface area contributed by atoms with Gasteiger partial charge in [0, 0.05) is 32.3 Å². The number of hydrogen-bond acceptors (Lipinski definition) is 4. The topological polar surface area (TPSA) is 64.8 Å². The molecule has 1 amide bonds. The SMILES string of the molecule is COCCN(CCN)C(=O)c1ccc(OC)cc1. The van der Waals surface area contributed by atoms with Gasteiger partial charge in [0.1, 0.15) is 5.75 Å². The smallest absolute Gasteiger partial charge is 0.253 e. The van der Waals surface area contributed by atoms with E-state index in [1.54, 1.807) is 43.4 Å². The Bertz CT molecular complexity index is 365. The summed E-state index contributed by atoms with van der Waals surface area (Å²) in [7, 11) is 3.20. The van der Waals surface area contributed by atoms with Crippen molar-refractivity contribution in [1.29, 1.82) is 0 Å². The number of amides is 1. The molecular weight excluding hydrogens is 232 g/mol. The van der Waals surface area contributed by atoms with Crippen LogP contribution in [0.15, 0.2) is 24.3 Å². The highest BCUT2D eigenvalue weighted by Gasteiger charge is 2.14. The lowest BCUT2D eigenvalue weighted by molar-refractivity contribution is 0.0701. The Kier molecular flexibility index (Phi) is 6.18. The van der Waals surface area contributed by atoms with Crippen molar-refractivity contribution < 1.29 is 14.3 Å². The molecule has 1 aromatic rings. The van der Waals surface area contributed by atoms with Crippen LogP contribution in [0.25, 0.3) is 0 Å². The number of ether oxygens (including phenoxy) is 2. The minimum absolute atomic E-state index is 0.0415. The number of methoxy groups -OCH3 is 2. The summed E-state index contributed by atoms with van der Waals surface area (Å²) in [6.07, 6.45) is 0. The van der Waals surface area contributed by atoms with E-state index in [4.69, 9.17) is 15.2 Å². The molecule has 0 spiro atoms. The van der Waals surface area contributed by atoms with E-state index in [1.165, 1.54) is 0 Å². The lowest BCUT2D eigenvalue weighted by Crippen LogP contribution is -2.37. The monoisotopic (exact) mass is 252 g/mol. The van der Waals surface area contributed by atoms with E-state index < -0.39 is 0 Å². The van der Waals surface area contributed by atoms with Gasteiger partial charge in [-0.15, -0.1) is 0 Å². The summed E-state index contributed by atoms with van der Waals surface area (Å²) < 4.78 is 10.0. The third kappa shape index (κ3) is 4.01. The molecule has 0 aliphatic rings. The lowest BCUT2D eigenvalue weighted by Gasteiger charge is -2.21. The van der Waals surface area contributed by atoms with Gasteiger partial charge >= 0.3 is 0 Å². The van der Waals surface area contributed by atoms with Gasteiger partial charge in [-0.05, 0) is 24.3 Å². The fourth-order valence-corrected chi connectivity index (χ4v) is 1.59. The zero-order valence-corrected chi connectivity index (χ0v) is 10.9. The molecule has 0 heterocycles. The number of nitrogens with two attached hydrogens (primary N) is 1. The van der Waals surface area contributed by atoms with Crippen LogP contribution in [-0.4, -0.2) is 51.3 Å². The Balaban J connectivity index is 2.73. The molecule has 18 heavy (non-hydrogen) atoms. The molecular formula is C13H20N2O3. The minimum Gasteiger partial charge on any atom is -0.497 e. The van der Waals surface area contributed by atoms with Crippen LogP contribution in [-0.2, 0) is 4.74 Å². The third-order valence-electron chi connectivity index (χ3n) is 2.59. The zero-order valence-electron chi connectivity index (χ0n) is 10.9. The summed E-state index contributed by atoms with van der Waals surface area (Å²) in [5.74, 6) is 0.689. The number of carbonyl (C=O) groups is 1. The van der Waals surface area contributed by atoms with Gasteiger partial charge in [-0.2, -0.15) is 0 Å². The fraction of sp³-hybridized carbons (Fsp3) is 0.462. The maximum Gasteiger partial charge on any atom is 0.253 e. The Morgan fingerprint density at radius 3 is 2.39 bits per heavy atom. The van der Waals surface area contributed by atoms with Gasteiger partial charge in [0.15, 0.2) is 0 Å². The van der Waals surface area contributed by atoms with Crippen LogP contribution in [0.2, 0.25) is 0 Å². The van der Waals surface area contributed by atoms with Gasteiger partial charge < -0.3 is 20.1 Å². The molecule has 0 bridgehead atoms. The molecule has 0 unspecified atom stereocenters. The molecule has 0 fully saturated rings. The van der Waals surface area contributed by atoms with Crippen LogP contribution in [0.4, 0.5) is 0 Å². The van der Waals surface area contributed by atoms with Gasteiger partial charge in [-0.25, -0.2) is 0 Å². The van der Waals surface area contributed by atoms with Crippen LogP contribution in [0.3, 0.4) is 0 Å². The van der Waals surface area contributed by atoms with Crippen molar-refractivity contribution in [2.24, 2.45) is 5.73 Å². The van der Waals surface area contributed by atoms with Crippen LogP contribution in [0.5, 0.6) is 5.75 Å². The highest BCUT2D eigenvalue weighted by Crippen LogP contribution is 2.12. The number of rotatable bonds is 7. The average molecular weight is 252 g/mol. The maximum absolute atomic E-state index is 12.2. The molecule has 0 aliphatic carbocycles. The van der Waals surface area contributed by atoms with Gasteiger partial charge in [-0.3, -0.25) is 4.79 Å². The Morgan fingerprint density at radius 2 is 1.89 bits per heavy atom. The van der Waals surface area contributed by atoms with E-state index in [0.717, 1.165) is 5.75 Å². The van der Waals surface area contributed by atoms with Crippen molar-refractivity contribution in [2.75, 3.05) is 40.5 Å². The van der Waals surface area contributed by atoms with Crippen molar-refractivity contribution in [3.63, 3.8) is 0 Å². The standard InChI is InChI=1S/C13H20N2O3/c1-17-10-9-15(8-7-14)13(16)11-3-5-12(18-2)6-4-11/h3-6H,7-10,14H2,1-2H3. The second-order valence-corrected chi connectivity index (χ2v) is 3.80. The average Bonchev–Trinajstić information content (AvgIpc) is 2.43. The summed E-state index contributed by atoms with van der Waals surface area (Å²) in [6, 6.07) is 7.03. The van der Waals surface area contributed by atoms with Gasteiger partial charge in [-0.1, -0.05) is 0 Å². The first kappa shape index (κ1) is 14.5. The Labute approximate surface area is 107 Å². The van der Waals surface area contributed by atoms with Crippen LogP contribution in [0, 0.1) is 0 Å². The Morgan fingerprint density at radius 1 is 1.22 bits per heavy atom. The third-order valence-corrected chi connectivity index (χ3v) is 2.59. The molecule has 0 atom stereocenters. The van der Waals surface area contributed by atoms with E-state index in [2.05, 4.69) is 0 Å². The molecule has 5 heteroatoms. The fourth-order valence-electron chi connectivity index (χ4n) is 1.59. The maximum atomic E-state index is 12.2. The quantitative estimate of drug-likeness (QED) is 0.777. The predicted molar refractivity (Wildman–Crippen MR) is 69.8 cm³/mol. The van der Waals surface area contributed by atoms with Gasteiger partial charge in [0.25, 0.3) is 5.91 Å². The number of carbonyl (C=O) groups excluding carboxylic acids is 1. The number of hydrogen-bond donors (Lipinski definition) is 1. The molecule has 5 nitrogen and oxygen atoms in total. The molecule has 1 aromatic carbocycles. The van der Waals surface area contributed by atoms with Crippen molar-refractivity contribution in [1.82, 2.24) is 4.90 Å². The summed E-state index contributed by atoms with van der Waals surface area (Å²) in [4.78, 5) is 13.9.